The van der Waals surface area contributed by atoms with Crippen molar-refractivity contribution in [1.82, 2.24) is 5.43 Å². The fourth-order valence-electron chi connectivity index (χ4n) is 1.14. The number of hydrogen-bond donors (Lipinski definition) is 2. The van der Waals surface area contributed by atoms with Crippen molar-refractivity contribution in [3.05, 3.63) is 47.4 Å². The van der Waals surface area contributed by atoms with Gasteiger partial charge in [0.2, 0.25) is 5.91 Å². The maximum Gasteiger partial charge on any atom is 0.249 e. The summed E-state index contributed by atoms with van der Waals surface area (Å²) in [4.78, 5) is 22.4. The van der Waals surface area contributed by atoms with Gasteiger partial charge in [-0.05, 0) is 6.08 Å². The number of hydrazine groups is 1. The first-order valence-electron chi connectivity index (χ1n) is 4.94. The second-order valence-corrected chi connectivity index (χ2v) is 5.29. The van der Waals surface area contributed by atoms with Crippen molar-refractivity contribution in [2.24, 2.45) is 5.84 Å². The minimum absolute atomic E-state index is 0.368. The maximum atomic E-state index is 11.6. The Kier molecular flexibility index (Phi) is 4.75. The molecule has 0 bridgehead atoms. The lowest BCUT2D eigenvalue weighted by Crippen LogP contribution is -2.34. The van der Waals surface area contributed by atoms with Crippen LogP contribution >= 0.6 is 0 Å². The number of sulfone groups is 1. The van der Waals surface area contributed by atoms with E-state index in [1.54, 1.807) is 35.8 Å². The summed E-state index contributed by atoms with van der Waals surface area (Å²) in [6.45, 7) is 0. The van der Waals surface area contributed by atoms with E-state index in [0.717, 1.165) is 6.08 Å². The number of nitrogens with two attached hydrogens (primary N) is 1. The van der Waals surface area contributed by atoms with Crippen molar-refractivity contribution in [1.29, 1.82) is 0 Å². The molecule has 1 amide bonds. The van der Waals surface area contributed by atoms with Crippen LogP contribution in [0.1, 0.15) is 10.4 Å². The van der Waals surface area contributed by atoms with E-state index in [1.807, 2.05) is 0 Å². The van der Waals surface area contributed by atoms with E-state index in [4.69, 9.17) is 5.84 Å². The average molecular weight is 268 g/mol. The van der Waals surface area contributed by atoms with Gasteiger partial charge in [0.05, 0.1) is 0 Å². The Morgan fingerprint density at radius 1 is 1.22 bits per heavy atom. The van der Waals surface area contributed by atoms with Gasteiger partial charge in [0, 0.05) is 11.0 Å². The van der Waals surface area contributed by atoms with Crippen LogP contribution < -0.4 is 11.3 Å². The molecule has 0 heterocycles. The summed E-state index contributed by atoms with van der Waals surface area (Å²) in [5.74, 6) is 2.69. The zero-order chi connectivity index (χ0) is 13.6. The van der Waals surface area contributed by atoms with Crippen LogP contribution in [0.4, 0.5) is 0 Å². The summed E-state index contributed by atoms with van der Waals surface area (Å²) >= 11 is 0. The highest BCUT2D eigenvalue weighted by atomic mass is 32.2. The first kappa shape index (κ1) is 14.1. The topological polar surface area (TPSA) is 106 Å². The van der Waals surface area contributed by atoms with Gasteiger partial charge in [-0.2, -0.15) is 0 Å². The lowest BCUT2D eigenvalue weighted by molar-refractivity contribution is -0.118. The molecular weight excluding hydrogens is 256 g/mol. The monoisotopic (exact) mass is 268 g/mol. The van der Waals surface area contributed by atoms with E-state index in [1.165, 1.54) is 0 Å². The van der Waals surface area contributed by atoms with Gasteiger partial charge in [0.25, 0.3) is 0 Å². The first-order valence-corrected chi connectivity index (χ1v) is 6.66. The van der Waals surface area contributed by atoms with Gasteiger partial charge in [-0.3, -0.25) is 15.0 Å². The highest BCUT2D eigenvalue weighted by molar-refractivity contribution is 7.94. The lowest BCUT2D eigenvalue weighted by Gasteiger charge is -1.97. The third-order valence-corrected chi connectivity index (χ3v) is 3.19. The predicted octanol–water partition coefficient (Wildman–Crippen LogP) is -0.212. The molecule has 18 heavy (non-hydrogen) atoms. The molecule has 0 fully saturated rings. The molecule has 6 nitrogen and oxygen atoms in total. The standard InChI is InChI=1S/C11H12N2O4S/c12-13-11(15)8-18(16,17)7-6-10(14)9-4-2-1-3-5-9/h1-7H,8,12H2,(H,13,15). The van der Waals surface area contributed by atoms with E-state index < -0.39 is 27.3 Å². The van der Waals surface area contributed by atoms with Crippen LogP contribution in [0.2, 0.25) is 0 Å². The highest BCUT2D eigenvalue weighted by Gasteiger charge is 2.13. The molecule has 0 saturated carbocycles. The van der Waals surface area contributed by atoms with Gasteiger partial charge in [-0.25, -0.2) is 14.3 Å². The third-order valence-electron chi connectivity index (χ3n) is 1.98. The Balaban J connectivity index is 2.76. The molecule has 1 aromatic carbocycles. The summed E-state index contributed by atoms with van der Waals surface area (Å²) < 4.78 is 22.8. The minimum atomic E-state index is -3.79. The van der Waals surface area contributed by atoms with E-state index in [0.29, 0.717) is 11.0 Å². The molecule has 0 aliphatic rings. The number of rotatable bonds is 5. The molecule has 0 atom stereocenters. The second kappa shape index (κ2) is 6.08. The van der Waals surface area contributed by atoms with Crippen LogP contribution in [0.25, 0.3) is 0 Å². The normalized spacial score (nSPS) is 11.4. The number of carbonyl (C=O) groups is 2. The lowest BCUT2D eigenvalue weighted by atomic mass is 10.1. The quantitative estimate of drug-likeness (QED) is 0.252. The predicted molar refractivity (Wildman–Crippen MR) is 66.0 cm³/mol. The molecule has 0 aliphatic carbocycles. The van der Waals surface area contributed by atoms with Gasteiger partial charge in [0.15, 0.2) is 15.6 Å². The van der Waals surface area contributed by atoms with Crippen LogP contribution in [-0.4, -0.2) is 25.9 Å². The summed E-state index contributed by atoms with van der Waals surface area (Å²) in [5, 5.41) is 0.706. The number of carbonyl (C=O) groups excluding carboxylic acids is 2. The fraction of sp³-hybridized carbons (Fsp3) is 0.0909. The molecule has 0 unspecified atom stereocenters. The number of amides is 1. The Bertz CT molecular complexity index is 564. The van der Waals surface area contributed by atoms with Crippen molar-refractivity contribution in [2.45, 2.75) is 0 Å². The van der Waals surface area contributed by atoms with Crippen LogP contribution in [0, 0.1) is 0 Å². The molecule has 7 heteroatoms. The molecule has 3 N–H and O–H groups in total. The van der Waals surface area contributed by atoms with Crippen LogP contribution in [0.3, 0.4) is 0 Å². The zero-order valence-electron chi connectivity index (χ0n) is 9.37. The first-order chi connectivity index (χ1) is 8.44. The van der Waals surface area contributed by atoms with Crippen molar-refractivity contribution >= 4 is 21.5 Å². The van der Waals surface area contributed by atoms with Gasteiger partial charge < -0.3 is 0 Å². The number of allylic oxidation sites excluding steroid dienone is 1. The summed E-state index contributed by atoms with van der Waals surface area (Å²) in [7, 11) is -3.79. The Hall–Kier alpha value is -1.99. The van der Waals surface area contributed by atoms with Crippen molar-refractivity contribution in [3.8, 4) is 0 Å². The Morgan fingerprint density at radius 2 is 1.83 bits per heavy atom. The molecule has 96 valence electrons. The van der Waals surface area contributed by atoms with Crippen molar-refractivity contribution in [3.63, 3.8) is 0 Å². The second-order valence-electron chi connectivity index (χ2n) is 3.41. The molecular formula is C11H12N2O4S. The molecule has 0 aliphatic heterocycles. The number of hydrogen-bond acceptors (Lipinski definition) is 5. The van der Waals surface area contributed by atoms with Crippen LogP contribution in [-0.2, 0) is 14.6 Å². The average Bonchev–Trinajstić information content (AvgIpc) is 2.36. The molecule has 0 radical (unpaired) electrons. The Labute approximate surface area is 104 Å². The van der Waals surface area contributed by atoms with Crippen molar-refractivity contribution < 1.29 is 18.0 Å². The molecule has 1 aromatic rings. The number of nitrogens with one attached hydrogen (secondary N) is 1. The van der Waals surface area contributed by atoms with Gasteiger partial charge >= 0.3 is 0 Å². The zero-order valence-corrected chi connectivity index (χ0v) is 10.2. The molecule has 1 rings (SSSR count). The third kappa shape index (κ3) is 4.48. The van der Waals surface area contributed by atoms with Crippen LogP contribution in [0.5, 0.6) is 0 Å². The number of benzene rings is 1. The smallest absolute Gasteiger partial charge is 0.249 e. The Morgan fingerprint density at radius 3 is 2.39 bits per heavy atom. The minimum Gasteiger partial charge on any atom is -0.293 e. The highest BCUT2D eigenvalue weighted by Crippen LogP contribution is 2.02. The summed E-state index contributed by atoms with van der Waals surface area (Å²) in [5.41, 5.74) is 2.07. The number of ketones is 1. The SMILES string of the molecule is NNC(=O)CS(=O)(=O)C=CC(=O)c1ccccc1. The van der Waals surface area contributed by atoms with Gasteiger partial charge in [0.1, 0.15) is 5.75 Å². The molecule has 0 aromatic heterocycles. The largest absolute Gasteiger partial charge is 0.293 e. The summed E-state index contributed by atoms with van der Waals surface area (Å²) in [6.07, 6.45) is 0.911. The molecule has 0 saturated heterocycles. The van der Waals surface area contributed by atoms with Crippen molar-refractivity contribution in [2.75, 3.05) is 5.75 Å². The van der Waals surface area contributed by atoms with Gasteiger partial charge in [-0.1, -0.05) is 30.3 Å². The fourth-order valence-corrected chi connectivity index (χ4v) is 2.01. The maximum absolute atomic E-state index is 11.6. The van der Waals surface area contributed by atoms with E-state index in [-0.39, 0.29) is 0 Å². The molecule has 0 spiro atoms. The van der Waals surface area contributed by atoms with E-state index >= 15 is 0 Å². The van der Waals surface area contributed by atoms with Gasteiger partial charge in [-0.15, -0.1) is 0 Å². The van der Waals surface area contributed by atoms with Crippen LogP contribution in [0.15, 0.2) is 41.8 Å². The van der Waals surface area contributed by atoms with E-state index in [2.05, 4.69) is 0 Å². The summed E-state index contributed by atoms with van der Waals surface area (Å²) in [6, 6.07) is 8.19. The van der Waals surface area contributed by atoms with E-state index in [9.17, 15) is 18.0 Å².